The fraction of sp³-hybridized carbons (Fsp3) is 0.0476. The number of hydrogen-bond acceptors (Lipinski definition) is 4. The molecule has 0 saturated heterocycles. The lowest BCUT2D eigenvalue weighted by Crippen LogP contribution is -2.14. The van der Waals surface area contributed by atoms with Gasteiger partial charge in [-0.1, -0.05) is 47.1 Å². The Morgan fingerprint density at radius 3 is 2.39 bits per heavy atom. The number of nitrogens with one attached hydrogen (secondary N) is 1. The van der Waals surface area contributed by atoms with Crippen molar-refractivity contribution in [3.63, 3.8) is 0 Å². The fourth-order valence-electron chi connectivity index (χ4n) is 2.80. The van der Waals surface area contributed by atoms with Crippen LogP contribution < -0.4 is 5.32 Å². The van der Waals surface area contributed by atoms with E-state index in [0.29, 0.717) is 4.34 Å². The van der Waals surface area contributed by atoms with Crippen molar-refractivity contribution in [3.8, 4) is 0 Å². The van der Waals surface area contributed by atoms with E-state index in [1.165, 1.54) is 41.7 Å². The number of carbonyl (C=O) groups excluding carboxylic acids is 1. The first-order valence-electron chi connectivity index (χ1n) is 8.71. The molecule has 0 saturated carbocycles. The molecule has 0 spiro atoms. The molecule has 0 unspecified atom stereocenters. The van der Waals surface area contributed by atoms with Crippen LogP contribution in [0.1, 0.15) is 15.9 Å². The van der Waals surface area contributed by atoms with Crippen molar-refractivity contribution in [1.29, 1.82) is 0 Å². The molecule has 3 aromatic carbocycles. The van der Waals surface area contributed by atoms with E-state index in [-0.39, 0.29) is 26.2 Å². The van der Waals surface area contributed by atoms with E-state index in [2.05, 4.69) is 10.3 Å². The van der Waals surface area contributed by atoms with Crippen molar-refractivity contribution in [3.05, 3.63) is 81.8 Å². The van der Waals surface area contributed by atoms with Crippen LogP contribution in [0.3, 0.4) is 0 Å². The second kappa shape index (κ2) is 8.70. The summed E-state index contributed by atoms with van der Waals surface area (Å²) in [5, 5.41) is 2.95. The highest BCUT2D eigenvalue weighted by Crippen LogP contribution is 2.42. The maximum atomic E-state index is 13.7. The normalized spacial score (nSPS) is 11.6. The molecule has 4 aromatic rings. The predicted molar refractivity (Wildman–Crippen MR) is 120 cm³/mol. The summed E-state index contributed by atoms with van der Waals surface area (Å²) in [6.45, 7) is 0. The minimum atomic E-state index is -4.61. The third-order valence-electron chi connectivity index (χ3n) is 4.14. The van der Waals surface area contributed by atoms with Gasteiger partial charge in [-0.25, -0.2) is 4.98 Å². The summed E-state index contributed by atoms with van der Waals surface area (Å²) in [4.78, 5) is 16.8. The molecule has 0 bridgehead atoms. The Hall–Kier alpha value is -2.26. The number of para-hydroxylation sites is 1. The quantitative estimate of drug-likeness (QED) is 0.309. The Labute approximate surface area is 193 Å². The van der Waals surface area contributed by atoms with Crippen molar-refractivity contribution < 1.29 is 18.0 Å². The molecule has 1 amide bonds. The van der Waals surface area contributed by atoms with E-state index in [9.17, 15) is 18.0 Å². The first-order valence-corrected chi connectivity index (χ1v) is 11.1. The number of fused-ring (bicyclic) bond motifs is 1. The number of rotatable bonds is 4. The largest absolute Gasteiger partial charge is 0.417 e. The van der Waals surface area contributed by atoms with Crippen LogP contribution in [-0.4, -0.2) is 10.9 Å². The van der Waals surface area contributed by atoms with Gasteiger partial charge in [0.2, 0.25) is 0 Å². The summed E-state index contributed by atoms with van der Waals surface area (Å²) in [5.74, 6) is -0.621. The minimum absolute atomic E-state index is 0.00192. The van der Waals surface area contributed by atoms with Gasteiger partial charge >= 0.3 is 6.18 Å². The van der Waals surface area contributed by atoms with E-state index in [1.807, 2.05) is 18.2 Å². The Morgan fingerprint density at radius 2 is 1.71 bits per heavy atom. The van der Waals surface area contributed by atoms with Gasteiger partial charge in [-0.2, -0.15) is 13.2 Å². The van der Waals surface area contributed by atoms with Crippen LogP contribution in [0.15, 0.2) is 69.9 Å². The molecule has 158 valence electrons. The molecule has 0 fully saturated rings. The number of amides is 1. The SMILES string of the molecule is O=C(Nc1ccc(Sc2nc3ccccc3s2)c(C(F)(F)F)c1)c1cc(Cl)cc(Cl)c1. The zero-order valence-electron chi connectivity index (χ0n) is 15.3. The van der Waals surface area contributed by atoms with Gasteiger partial charge in [-0.15, -0.1) is 11.3 Å². The summed E-state index contributed by atoms with van der Waals surface area (Å²) < 4.78 is 42.6. The lowest BCUT2D eigenvalue weighted by molar-refractivity contribution is -0.139. The van der Waals surface area contributed by atoms with Gasteiger partial charge in [0, 0.05) is 26.2 Å². The van der Waals surface area contributed by atoms with Crippen molar-refractivity contribution >= 4 is 68.1 Å². The van der Waals surface area contributed by atoms with Crippen LogP contribution in [-0.2, 0) is 6.18 Å². The molecular weight excluding hydrogens is 488 g/mol. The molecule has 10 heteroatoms. The number of thiazole rings is 1. The van der Waals surface area contributed by atoms with Crippen LogP contribution in [0.2, 0.25) is 10.0 Å². The summed E-state index contributed by atoms with van der Waals surface area (Å²) in [5.41, 5.74) is 0.00682. The molecule has 31 heavy (non-hydrogen) atoms. The van der Waals surface area contributed by atoms with E-state index in [1.54, 1.807) is 6.07 Å². The van der Waals surface area contributed by atoms with Crippen molar-refractivity contribution in [2.45, 2.75) is 15.4 Å². The molecule has 1 N–H and O–H groups in total. The van der Waals surface area contributed by atoms with Gasteiger partial charge in [-0.3, -0.25) is 4.79 Å². The van der Waals surface area contributed by atoms with Gasteiger partial charge in [0.15, 0.2) is 4.34 Å². The van der Waals surface area contributed by atoms with Crippen LogP contribution in [0.5, 0.6) is 0 Å². The zero-order valence-corrected chi connectivity index (χ0v) is 18.5. The van der Waals surface area contributed by atoms with Crippen LogP contribution in [0.25, 0.3) is 10.2 Å². The summed E-state index contributed by atoms with van der Waals surface area (Å²) in [6.07, 6.45) is -4.61. The van der Waals surface area contributed by atoms with Crippen LogP contribution >= 0.6 is 46.3 Å². The highest BCUT2D eigenvalue weighted by atomic mass is 35.5. The maximum Gasteiger partial charge on any atom is 0.417 e. The van der Waals surface area contributed by atoms with E-state index < -0.39 is 17.6 Å². The molecule has 3 nitrogen and oxygen atoms in total. The molecule has 1 heterocycles. The third kappa shape index (κ3) is 5.15. The molecule has 0 aliphatic carbocycles. The average molecular weight is 499 g/mol. The lowest BCUT2D eigenvalue weighted by atomic mass is 10.1. The van der Waals surface area contributed by atoms with Crippen molar-refractivity contribution in [2.24, 2.45) is 0 Å². The Morgan fingerprint density at radius 1 is 1.00 bits per heavy atom. The number of anilines is 1. The third-order valence-corrected chi connectivity index (χ3v) is 6.75. The molecule has 0 atom stereocenters. The van der Waals surface area contributed by atoms with Gasteiger partial charge in [0.1, 0.15) is 0 Å². The molecule has 4 rings (SSSR count). The number of hydrogen-bond donors (Lipinski definition) is 1. The second-order valence-corrected chi connectivity index (χ2v) is 9.56. The monoisotopic (exact) mass is 498 g/mol. The summed E-state index contributed by atoms with van der Waals surface area (Å²) in [7, 11) is 0. The second-order valence-electron chi connectivity index (χ2n) is 6.37. The maximum absolute atomic E-state index is 13.7. The van der Waals surface area contributed by atoms with Crippen LogP contribution in [0, 0.1) is 0 Å². The molecule has 1 aromatic heterocycles. The number of halogens is 5. The van der Waals surface area contributed by atoms with Crippen LogP contribution in [0.4, 0.5) is 18.9 Å². The van der Waals surface area contributed by atoms with E-state index in [0.717, 1.165) is 28.0 Å². The summed E-state index contributed by atoms with van der Waals surface area (Å²) >= 11 is 14.0. The summed E-state index contributed by atoms with van der Waals surface area (Å²) in [6, 6.07) is 15.2. The number of benzene rings is 3. The fourth-order valence-corrected chi connectivity index (χ4v) is 5.48. The number of alkyl halides is 3. The standard InChI is InChI=1S/C21H11Cl2F3N2OS2/c22-12-7-11(8-13(23)9-12)19(29)27-14-5-6-17(15(10-14)21(24,25)26)30-20-28-16-3-1-2-4-18(16)31-20/h1-10H,(H,27,29). The average Bonchev–Trinajstić information content (AvgIpc) is 3.10. The molecule has 0 aliphatic heterocycles. The predicted octanol–water partition coefficient (Wildman–Crippen LogP) is 8.03. The Balaban J connectivity index is 1.63. The Kier molecular flexibility index (Phi) is 6.16. The van der Waals surface area contributed by atoms with Gasteiger partial charge in [0.25, 0.3) is 5.91 Å². The highest BCUT2D eigenvalue weighted by Gasteiger charge is 2.34. The van der Waals surface area contributed by atoms with Gasteiger partial charge in [-0.05, 0) is 48.5 Å². The number of carbonyl (C=O) groups is 1. The number of aromatic nitrogens is 1. The van der Waals surface area contributed by atoms with E-state index in [4.69, 9.17) is 23.2 Å². The molecule has 0 radical (unpaired) electrons. The van der Waals surface area contributed by atoms with Gasteiger partial charge in [0.05, 0.1) is 15.8 Å². The van der Waals surface area contributed by atoms with Crippen molar-refractivity contribution in [2.75, 3.05) is 5.32 Å². The molecule has 0 aliphatic rings. The topological polar surface area (TPSA) is 42.0 Å². The first kappa shape index (κ1) is 22.0. The number of nitrogens with zero attached hydrogens (tertiary/aromatic N) is 1. The zero-order chi connectivity index (χ0) is 22.2. The lowest BCUT2D eigenvalue weighted by Gasteiger charge is -2.14. The van der Waals surface area contributed by atoms with Gasteiger partial charge < -0.3 is 5.32 Å². The first-order chi connectivity index (χ1) is 14.7. The van der Waals surface area contributed by atoms with Crippen molar-refractivity contribution in [1.82, 2.24) is 4.98 Å². The molecular formula is C21H11Cl2F3N2OS2. The Bertz CT molecular complexity index is 1240. The van der Waals surface area contributed by atoms with E-state index >= 15 is 0 Å². The highest BCUT2D eigenvalue weighted by molar-refractivity contribution is 8.01. The smallest absolute Gasteiger partial charge is 0.322 e. The minimum Gasteiger partial charge on any atom is -0.322 e.